The van der Waals surface area contributed by atoms with Crippen LogP contribution < -0.4 is 21.0 Å². The van der Waals surface area contributed by atoms with E-state index >= 15 is 0 Å². The summed E-state index contributed by atoms with van der Waals surface area (Å²) in [6, 6.07) is 35.4. The summed E-state index contributed by atoms with van der Waals surface area (Å²) in [7, 11) is -7.12. The maximum Gasteiger partial charge on any atom is 0.475 e. The predicted molar refractivity (Wildman–Crippen MR) is 244 cm³/mol. The summed E-state index contributed by atoms with van der Waals surface area (Å²) >= 11 is 0. The minimum Gasteiger partial charge on any atom is -0.449 e. The molecule has 0 saturated carbocycles. The molecule has 0 radical (unpaired) electrons. The lowest BCUT2D eigenvalue weighted by molar-refractivity contribution is -0.122. The number of carbonyl (C=O) groups is 3. The molecule has 0 bridgehead atoms. The second-order valence-corrected chi connectivity index (χ2v) is 23.0. The number of fused-ring (bicyclic) bond motifs is 3. The van der Waals surface area contributed by atoms with Crippen LogP contribution in [0.15, 0.2) is 122 Å². The summed E-state index contributed by atoms with van der Waals surface area (Å²) in [5, 5.41) is 7.29. The van der Waals surface area contributed by atoms with Crippen molar-refractivity contribution >= 4 is 44.5 Å². The van der Waals surface area contributed by atoms with Gasteiger partial charge in [-0.1, -0.05) is 136 Å². The number of hydrogen-bond donors (Lipinski definition) is 2. The van der Waals surface area contributed by atoms with Crippen LogP contribution in [0.3, 0.4) is 0 Å². The van der Waals surface area contributed by atoms with Crippen LogP contribution in [0.5, 0.6) is 0 Å². The molecule has 12 nitrogen and oxygen atoms in total. The first-order chi connectivity index (χ1) is 29.6. The van der Waals surface area contributed by atoms with Crippen LogP contribution in [0.25, 0.3) is 11.1 Å². The van der Waals surface area contributed by atoms with E-state index in [9.17, 15) is 18.9 Å². The number of unbranched alkanes of at least 4 members (excludes halogenated alkanes) is 1. The largest absolute Gasteiger partial charge is 0.475 e. The third-order valence-electron chi connectivity index (χ3n) is 10.3. The van der Waals surface area contributed by atoms with Crippen molar-refractivity contribution in [2.45, 2.75) is 83.4 Å². The number of ketones is 1. The molecule has 332 valence electrons. The fourth-order valence-electron chi connectivity index (χ4n) is 7.61. The SMILES string of the molecule is C=CCOP(=O)(OCCNC(=O)OC(C)(C)C)OCC(NC(=O)OCC1c2ccccc2-c2ccccc21)C(=O)CCCCO[Si](c1ccccc1)(c1ccccc1)C(C)(C)C. The Morgan fingerprint density at radius 2 is 1.31 bits per heavy atom. The van der Waals surface area contributed by atoms with Gasteiger partial charge in [0.15, 0.2) is 5.78 Å². The van der Waals surface area contributed by atoms with Crippen molar-refractivity contribution in [3.05, 3.63) is 133 Å². The molecule has 5 rings (SSSR count). The number of hydrogen-bond acceptors (Lipinski definition) is 10. The standard InChI is InChI=1S/C48H61N2O10PSi/c1-8-31-56-61(54,57-33-30-49-45(52)60-47(2,3)4)58-35-43(50-46(53)55-34-42-40-27-17-15-25-38(40)39-26-16-18-28-41(39)42)44(51)29-19-20-32-59-62(48(5,6)7,36-21-11-9-12-22-36)37-23-13-10-14-24-37/h8-18,21-28,42-43H,1,19-20,29-35H2,2-7H3,(H,49,52)(H,50,53). The van der Waals surface area contributed by atoms with Gasteiger partial charge in [-0.05, 0) is 71.3 Å². The molecule has 14 heteroatoms. The molecule has 0 saturated heterocycles. The Balaban J connectivity index is 1.26. The van der Waals surface area contributed by atoms with Gasteiger partial charge in [0.25, 0.3) is 8.32 Å². The van der Waals surface area contributed by atoms with Crippen molar-refractivity contribution in [2.24, 2.45) is 0 Å². The number of benzene rings is 4. The Morgan fingerprint density at radius 3 is 1.85 bits per heavy atom. The van der Waals surface area contributed by atoms with Gasteiger partial charge in [0.2, 0.25) is 0 Å². The number of carbonyl (C=O) groups excluding carboxylic acids is 3. The highest BCUT2D eigenvalue weighted by Gasteiger charge is 2.50. The highest BCUT2D eigenvalue weighted by molar-refractivity contribution is 7.48. The molecule has 0 fully saturated rings. The Labute approximate surface area is 367 Å². The van der Waals surface area contributed by atoms with Crippen molar-refractivity contribution in [1.82, 2.24) is 10.6 Å². The van der Waals surface area contributed by atoms with Crippen LogP contribution in [0.2, 0.25) is 5.04 Å². The highest BCUT2D eigenvalue weighted by Crippen LogP contribution is 2.49. The average molecular weight is 885 g/mol. The van der Waals surface area contributed by atoms with E-state index in [-0.39, 0.29) is 49.5 Å². The maximum absolute atomic E-state index is 14.0. The van der Waals surface area contributed by atoms with Gasteiger partial charge in [-0.25, -0.2) is 14.2 Å². The van der Waals surface area contributed by atoms with E-state index in [4.69, 9.17) is 27.5 Å². The first-order valence-corrected chi connectivity index (χ1v) is 24.4. The van der Waals surface area contributed by atoms with Gasteiger partial charge >= 0.3 is 20.0 Å². The molecule has 2 atom stereocenters. The second-order valence-electron chi connectivity index (χ2n) is 17.0. The lowest BCUT2D eigenvalue weighted by Gasteiger charge is -2.43. The number of amides is 2. The maximum atomic E-state index is 14.0. The van der Waals surface area contributed by atoms with E-state index in [1.165, 1.54) is 6.08 Å². The smallest absolute Gasteiger partial charge is 0.449 e. The Kier molecular flexibility index (Phi) is 17.1. The number of Topliss-reactive ketones (excluding diaryl/α,β-unsaturated/α-hetero) is 1. The molecule has 0 heterocycles. The topological polar surface area (TPSA) is 148 Å². The first-order valence-electron chi connectivity index (χ1n) is 21.1. The fourth-order valence-corrected chi connectivity index (χ4v) is 13.4. The van der Waals surface area contributed by atoms with E-state index < -0.39 is 46.6 Å². The molecule has 4 aromatic carbocycles. The Morgan fingerprint density at radius 1 is 0.742 bits per heavy atom. The zero-order chi connectivity index (χ0) is 44.8. The minimum atomic E-state index is -4.33. The fraction of sp³-hybridized carbons (Fsp3) is 0.396. The number of phosphoric ester groups is 1. The molecule has 62 heavy (non-hydrogen) atoms. The monoisotopic (exact) mass is 884 g/mol. The van der Waals surface area contributed by atoms with E-state index in [1.807, 2.05) is 84.9 Å². The zero-order valence-corrected chi connectivity index (χ0v) is 38.6. The van der Waals surface area contributed by atoms with Crippen LogP contribution in [-0.2, 0) is 36.8 Å². The van der Waals surface area contributed by atoms with E-state index in [2.05, 4.69) is 62.2 Å². The third-order valence-corrected chi connectivity index (χ3v) is 16.8. The van der Waals surface area contributed by atoms with Crippen molar-refractivity contribution in [3.8, 4) is 11.1 Å². The summed E-state index contributed by atoms with van der Waals surface area (Å²) in [5.41, 5.74) is 3.52. The summed E-state index contributed by atoms with van der Waals surface area (Å²) in [6.07, 6.45) is 0.901. The van der Waals surface area contributed by atoms with Crippen LogP contribution in [0.4, 0.5) is 9.59 Å². The van der Waals surface area contributed by atoms with Gasteiger partial charge in [-0.3, -0.25) is 18.4 Å². The van der Waals surface area contributed by atoms with Crippen LogP contribution >= 0.6 is 7.82 Å². The molecule has 0 aromatic heterocycles. The normalized spacial score (nSPS) is 14.2. The zero-order valence-electron chi connectivity index (χ0n) is 36.7. The summed E-state index contributed by atoms with van der Waals surface area (Å²) in [4.78, 5) is 39.6. The summed E-state index contributed by atoms with van der Waals surface area (Å²) < 4.78 is 48.4. The predicted octanol–water partition coefficient (Wildman–Crippen LogP) is 9.08. The van der Waals surface area contributed by atoms with E-state index in [0.717, 1.165) is 32.6 Å². The van der Waals surface area contributed by atoms with Crippen molar-refractivity contribution in [1.29, 1.82) is 0 Å². The van der Waals surface area contributed by atoms with Crippen LogP contribution in [-0.4, -0.2) is 77.5 Å². The Bertz CT molecular complexity index is 2070. The third kappa shape index (κ3) is 12.8. The lowest BCUT2D eigenvalue weighted by atomic mass is 9.98. The molecule has 1 aliphatic carbocycles. The van der Waals surface area contributed by atoms with Gasteiger partial charge in [-0.15, -0.1) is 6.58 Å². The number of nitrogens with one attached hydrogen (secondary N) is 2. The number of rotatable bonds is 22. The van der Waals surface area contributed by atoms with Gasteiger partial charge in [0, 0.05) is 25.5 Å². The van der Waals surface area contributed by atoms with E-state index in [0.29, 0.717) is 19.4 Å². The van der Waals surface area contributed by atoms with Gasteiger partial charge < -0.3 is 24.5 Å². The quantitative estimate of drug-likeness (QED) is 0.0339. The summed E-state index contributed by atoms with van der Waals surface area (Å²) in [6.45, 7) is 14.8. The van der Waals surface area contributed by atoms with Crippen LogP contribution in [0, 0.1) is 0 Å². The highest BCUT2D eigenvalue weighted by atomic mass is 31.2. The van der Waals surface area contributed by atoms with E-state index in [1.54, 1.807) is 20.8 Å². The molecule has 2 N–H and O–H groups in total. The molecule has 0 spiro atoms. The van der Waals surface area contributed by atoms with Crippen molar-refractivity contribution < 1.29 is 46.4 Å². The first kappa shape index (κ1) is 48.2. The van der Waals surface area contributed by atoms with Crippen LogP contribution in [0.1, 0.15) is 77.8 Å². The summed E-state index contributed by atoms with van der Waals surface area (Å²) in [5.74, 6) is -0.574. The molecular formula is C48H61N2O10PSi. The lowest BCUT2D eigenvalue weighted by Crippen LogP contribution is -2.66. The van der Waals surface area contributed by atoms with Gasteiger partial charge in [0.05, 0.1) is 19.8 Å². The Hall–Kier alpha value is -4.88. The van der Waals surface area contributed by atoms with Gasteiger partial charge in [0.1, 0.15) is 18.2 Å². The number of alkyl carbamates (subject to hydrolysis) is 2. The molecule has 1 aliphatic rings. The van der Waals surface area contributed by atoms with Crippen molar-refractivity contribution in [2.75, 3.05) is 39.6 Å². The number of phosphoric acid groups is 1. The minimum absolute atomic E-state index is 0.0237. The molecule has 4 aromatic rings. The molecule has 2 unspecified atom stereocenters. The molecule has 0 aliphatic heterocycles. The average Bonchev–Trinajstić information content (AvgIpc) is 3.56. The molecular weight excluding hydrogens is 824 g/mol. The van der Waals surface area contributed by atoms with Crippen molar-refractivity contribution in [3.63, 3.8) is 0 Å². The second kappa shape index (κ2) is 22.0. The van der Waals surface area contributed by atoms with Gasteiger partial charge in [-0.2, -0.15) is 0 Å². The molecule has 2 amide bonds. The number of ether oxygens (including phenoxy) is 2.